The van der Waals surface area contributed by atoms with Gasteiger partial charge in [0.2, 0.25) is 11.8 Å². The molecule has 0 radical (unpaired) electrons. The lowest BCUT2D eigenvalue weighted by molar-refractivity contribution is -0.141. The molecule has 0 saturated heterocycles. The molecule has 0 spiro atoms. The van der Waals surface area contributed by atoms with Crippen molar-refractivity contribution >= 4 is 11.8 Å². The smallest absolute Gasteiger partial charge is 0.242 e. The maximum atomic E-state index is 13.1. The lowest BCUT2D eigenvalue weighted by atomic mass is 10.1. The Kier molecular flexibility index (Phi) is 8.52. The molecule has 0 aliphatic carbocycles. The van der Waals surface area contributed by atoms with E-state index in [1.165, 1.54) is 0 Å². The maximum absolute atomic E-state index is 13.1. The second kappa shape index (κ2) is 11.1. The molecule has 1 atom stereocenters. The molecule has 0 bridgehead atoms. The normalized spacial score (nSPS) is 11.4. The summed E-state index contributed by atoms with van der Waals surface area (Å²) in [5.41, 5.74) is 1.97. The highest BCUT2D eigenvalue weighted by Gasteiger charge is 2.27. The third-order valence-electron chi connectivity index (χ3n) is 4.90. The number of rotatable bonds is 10. The van der Waals surface area contributed by atoms with Crippen molar-refractivity contribution in [2.75, 3.05) is 21.3 Å². The van der Waals surface area contributed by atoms with E-state index in [1.807, 2.05) is 55.5 Å². The zero-order chi connectivity index (χ0) is 21.2. The quantitative estimate of drug-likeness (QED) is 0.667. The minimum Gasteiger partial charge on any atom is -0.493 e. The summed E-state index contributed by atoms with van der Waals surface area (Å²) >= 11 is 0. The fraction of sp³-hybridized carbons (Fsp3) is 0.391. The Labute approximate surface area is 172 Å². The zero-order valence-corrected chi connectivity index (χ0v) is 17.6. The average molecular weight is 399 g/mol. The molecule has 156 valence electrons. The van der Waals surface area contributed by atoms with E-state index in [-0.39, 0.29) is 11.8 Å². The molecule has 6 heteroatoms. The van der Waals surface area contributed by atoms with Gasteiger partial charge in [-0.15, -0.1) is 0 Å². The summed E-state index contributed by atoms with van der Waals surface area (Å²) in [6.07, 6.45) is 1.40. The van der Waals surface area contributed by atoms with E-state index >= 15 is 0 Å². The highest BCUT2D eigenvalue weighted by molar-refractivity contribution is 5.87. The molecule has 2 amide bonds. The van der Waals surface area contributed by atoms with Crippen LogP contribution in [-0.2, 0) is 22.6 Å². The lowest BCUT2D eigenvalue weighted by Gasteiger charge is -2.30. The van der Waals surface area contributed by atoms with Gasteiger partial charge in [0.25, 0.3) is 0 Å². The standard InChI is InChI=1S/C23H30N2O4/c1-5-19(23(27)24-2)25(16-18-9-7-6-8-10-18)22(26)14-12-17-11-13-20(28-3)21(15-17)29-4/h6-11,13,15,19H,5,12,14,16H2,1-4H3,(H,24,27)/t19-/m0/s1. The van der Waals surface area contributed by atoms with Crippen LogP contribution in [0.25, 0.3) is 0 Å². The Morgan fingerprint density at radius 3 is 2.28 bits per heavy atom. The Morgan fingerprint density at radius 1 is 1.00 bits per heavy atom. The summed E-state index contributed by atoms with van der Waals surface area (Å²) in [7, 11) is 4.77. The van der Waals surface area contributed by atoms with Gasteiger partial charge >= 0.3 is 0 Å². The van der Waals surface area contributed by atoms with Crippen LogP contribution < -0.4 is 14.8 Å². The predicted octanol–water partition coefficient (Wildman–Crippen LogP) is 3.19. The van der Waals surface area contributed by atoms with Crippen LogP contribution in [0.4, 0.5) is 0 Å². The second-order valence-corrected chi connectivity index (χ2v) is 6.73. The monoisotopic (exact) mass is 398 g/mol. The van der Waals surface area contributed by atoms with Gasteiger partial charge in [0.15, 0.2) is 11.5 Å². The van der Waals surface area contributed by atoms with Crippen molar-refractivity contribution in [3.05, 3.63) is 59.7 Å². The van der Waals surface area contributed by atoms with E-state index < -0.39 is 6.04 Å². The molecule has 0 fully saturated rings. The minimum absolute atomic E-state index is 0.0564. The summed E-state index contributed by atoms with van der Waals surface area (Å²) in [4.78, 5) is 27.2. The number of hydrogen-bond acceptors (Lipinski definition) is 4. The van der Waals surface area contributed by atoms with Gasteiger partial charge in [-0.2, -0.15) is 0 Å². The molecule has 2 aromatic carbocycles. The fourth-order valence-corrected chi connectivity index (χ4v) is 3.30. The number of amides is 2. The van der Waals surface area contributed by atoms with Crippen LogP contribution in [-0.4, -0.2) is 44.0 Å². The van der Waals surface area contributed by atoms with Crippen molar-refractivity contribution < 1.29 is 19.1 Å². The Morgan fingerprint density at radius 2 is 1.69 bits per heavy atom. The first kappa shape index (κ1) is 22.3. The van der Waals surface area contributed by atoms with E-state index in [0.717, 1.165) is 11.1 Å². The maximum Gasteiger partial charge on any atom is 0.242 e. The van der Waals surface area contributed by atoms with Crippen LogP contribution in [0.1, 0.15) is 30.9 Å². The number of benzene rings is 2. The van der Waals surface area contributed by atoms with Gasteiger partial charge in [0.05, 0.1) is 14.2 Å². The number of nitrogens with one attached hydrogen (secondary N) is 1. The number of likely N-dealkylation sites (N-methyl/N-ethyl adjacent to an activating group) is 1. The summed E-state index contributed by atoms with van der Waals surface area (Å²) in [5, 5.41) is 2.68. The van der Waals surface area contributed by atoms with E-state index in [2.05, 4.69) is 5.32 Å². The molecule has 2 rings (SSSR count). The summed E-state index contributed by atoms with van der Waals surface area (Å²) in [5.74, 6) is 1.08. The summed E-state index contributed by atoms with van der Waals surface area (Å²) in [6, 6.07) is 14.9. The van der Waals surface area contributed by atoms with Crippen molar-refractivity contribution in [1.82, 2.24) is 10.2 Å². The number of carbonyl (C=O) groups is 2. The molecule has 2 aromatic rings. The number of ether oxygens (including phenoxy) is 2. The molecule has 0 aromatic heterocycles. The van der Waals surface area contributed by atoms with Crippen LogP contribution in [0.5, 0.6) is 11.5 Å². The topological polar surface area (TPSA) is 67.9 Å². The summed E-state index contributed by atoms with van der Waals surface area (Å²) < 4.78 is 10.6. The Bertz CT molecular complexity index is 808. The molecular weight excluding hydrogens is 368 g/mol. The van der Waals surface area contributed by atoms with Crippen LogP contribution >= 0.6 is 0 Å². The fourth-order valence-electron chi connectivity index (χ4n) is 3.30. The third kappa shape index (κ3) is 5.98. The number of methoxy groups -OCH3 is 2. The van der Waals surface area contributed by atoms with Gasteiger partial charge in [0, 0.05) is 20.0 Å². The molecule has 0 aliphatic heterocycles. The lowest BCUT2D eigenvalue weighted by Crippen LogP contribution is -2.48. The average Bonchev–Trinajstić information content (AvgIpc) is 2.77. The first-order chi connectivity index (χ1) is 14.0. The van der Waals surface area contributed by atoms with E-state index in [0.29, 0.717) is 37.3 Å². The third-order valence-corrected chi connectivity index (χ3v) is 4.90. The van der Waals surface area contributed by atoms with Gasteiger partial charge in [-0.1, -0.05) is 43.3 Å². The highest BCUT2D eigenvalue weighted by atomic mass is 16.5. The largest absolute Gasteiger partial charge is 0.493 e. The van der Waals surface area contributed by atoms with Crippen molar-refractivity contribution in [2.24, 2.45) is 0 Å². The number of aryl methyl sites for hydroxylation is 1. The molecule has 0 heterocycles. The molecule has 29 heavy (non-hydrogen) atoms. The number of carbonyl (C=O) groups excluding carboxylic acids is 2. The first-order valence-corrected chi connectivity index (χ1v) is 9.79. The first-order valence-electron chi connectivity index (χ1n) is 9.79. The molecule has 0 unspecified atom stereocenters. The highest BCUT2D eigenvalue weighted by Crippen LogP contribution is 2.28. The van der Waals surface area contributed by atoms with Crippen molar-refractivity contribution in [2.45, 2.75) is 38.8 Å². The van der Waals surface area contributed by atoms with Crippen LogP contribution in [0, 0.1) is 0 Å². The SMILES string of the molecule is CC[C@@H](C(=O)NC)N(Cc1ccccc1)C(=O)CCc1ccc(OC)c(OC)c1. The van der Waals surface area contributed by atoms with Gasteiger partial charge in [-0.3, -0.25) is 9.59 Å². The van der Waals surface area contributed by atoms with Crippen LogP contribution in [0.15, 0.2) is 48.5 Å². The second-order valence-electron chi connectivity index (χ2n) is 6.73. The molecule has 6 nitrogen and oxygen atoms in total. The van der Waals surface area contributed by atoms with Crippen molar-refractivity contribution in [1.29, 1.82) is 0 Å². The van der Waals surface area contributed by atoms with Gasteiger partial charge in [-0.25, -0.2) is 0 Å². The summed E-state index contributed by atoms with van der Waals surface area (Å²) in [6.45, 7) is 2.32. The minimum atomic E-state index is -0.502. The van der Waals surface area contributed by atoms with Crippen molar-refractivity contribution in [3.8, 4) is 11.5 Å². The predicted molar refractivity (Wildman–Crippen MR) is 113 cm³/mol. The van der Waals surface area contributed by atoms with Crippen molar-refractivity contribution in [3.63, 3.8) is 0 Å². The van der Waals surface area contributed by atoms with E-state index in [9.17, 15) is 9.59 Å². The van der Waals surface area contributed by atoms with E-state index in [1.54, 1.807) is 26.2 Å². The molecular formula is C23H30N2O4. The molecule has 1 N–H and O–H groups in total. The van der Waals surface area contributed by atoms with E-state index in [4.69, 9.17) is 9.47 Å². The van der Waals surface area contributed by atoms with Gasteiger partial charge in [0.1, 0.15) is 6.04 Å². The zero-order valence-electron chi connectivity index (χ0n) is 17.6. The van der Waals surface area contributed by atoms with Gasteiger partial charge < -0.3 is 19.7 Å². The number of nitrogens with zero attached hydrogens (tertiary/aromatic N) is 1. The number of hydrogen-bond donors (Lipinski definition) is 1. The van der Waals surface area contributed by atoms with Crippen LogP contribution in [0.2, 0.25) is 0 Å². The Hall–Kier alpha value is -3.02. The van der Waals surface area contributed by atoms with Gasteiger partial charge in [-0.05, 0) is 36.1 Å². The molecule has 0 aliphatic rings. The Balaban J connectivity index is 2.17. The molecule has 0 saturated carbocycles. The van der Waals surface area contributed by atoms with Crippen LogP contribution in [0.3, 0.4) is 0 Å².